The molecule has 0 unspecified atom stereocenters. The second kappa shape index (κ2) is 3.96. The van der Waals surface area contributed by atoms with Crippen LogP contribution >= 0.6 is 0 Å². The Hall–Kier alpha value is -1.25. The molecule has 0 atom stereocenters. The van der Waals surface area contributed by atoms with Crippen LogP contribution in [-0.2, 0) is 0 Å². The van der Waals surface area contributed by atoms with Crippen LogP contribution in [0.4, 0.5) is 5.82 Å². The zero-order valence-electron chi connectivity index (χ0n) is 10.3. The third-order valence-corrected chi connectivity index (χ3v) is 3.41. The number of aryl methyl sites for hydroxylation is 1. The summed E-state index contributed by atoms with van der Waals surface area (Å²) in [6.07, 6.45) is 2.31. The summed E-state index contributed by atoms with van der Waals surface area (Å²) in [5.74, 6) is 1.04. The summed E-state index contributed by atoms with van der Waals surface area (Å²) < 4.78 is 0. The maximum atomic E-state index is 9.81. The molecule has 88 valence electrons. The standard InChI is InChI=1S/C13H20N2O/c1-10-4-5-11(16)12(14-10)15-8-6-13(2,3)7-9-15/h4-5,16H,6-9H2,1-3H3. The quantitative estimate of drug-likeness (QED) is 0.790. The number of piperidine rings is 1. The lowest BCUT2D eigenvalue weighted by atomic mass is 9.83. The van der Waals surface area contributed by atoms with E-state index >= 15 is 0 Å². The first kappa shape index (κ1) is 11.2. The number of aromatic hydroxyl groups is 1. The van der Waals surface area contributed by atoms with Crippen LogP contribution in [0.5, 0.6) is 5.75 Å². The van der Waals surface area contributed by atoms with Gasteiger partial charge in [-0.05, 0) is 37.3 Å². The Bertz CT molecular complexity index is 378. The van der Waals surface area contributed by atoms with Crippen LogP contribution in [0.3, 0.4) is 0 Å². The molecule has 1 fully saturated rings. The van der Waals surface area contributed by atoms with E-state index < -0.39 is 0 Å². The van der Waals surface area contributed by atoms with E-state index in [-0.39, 0.29) is 0 Å². The van der Waals surface area contributed by atoms with E-state index in [4.69, 9.17) is 0 Å². The third-order valence-electron chi connectivity index (χ3n) is 3.41. The summed E-state index contributed by atoms with van der Waals surface area (Å²) in [4.78, 5) is 6.61. The zero-order valence-corrected chi connectivity index (χ0v) is 10.3. The molecule has 2 rings (SSSR count). The summed E-state index contributed by atoms with van der Waals surface area (Å²) >= 11 is 0. The lowest BCUT2D eigenvalue weighted by Gasteiger charge is -2.37. The van der Waals surface area contributed by atoms with Crippen LogP contribution in [0, 0.1) is 12.3 Å². The summed E-state index contributed by atoms with van der Waals surface area (Å²) in [5, 5.41) is 9.81. The molecule has 0 spiro atoms. The molecule has 1 saturated heterocycles. The maximum absolute atomic E-state index is 9.81. The number of nitrogens with zero attached hydrogens (tertiary/aromatic N) is 2. The van der Waals surface area contributed by atoms with Gasteiger partial charge in [0.1, 0.15) is 0 Å². The predicted octanol–water partition coefficient (Wildman–Crippen LogP) is 2.72. The van der Waals surface area contributed by atoms with Crippen molar-refractivity contribution >= 4 is 5.82 Å². The molecular weight excluding hydrogens is 200 g/mol. The van der Waals surface area contributed by atoms with E-state index in [2.05, 4.69) is 23.7 Å². The fraction of sp³-hybridized carbons (Fsp3) is 0.615. The van der Waals surface area contributed by atoms with E-state index in [0.29, 0.717) is 11.2 Å². The van der Waals surface area contributed by atoms with Crippen LogP contribution in [-0.4, -0.2) is 23.2 Å². The Morgan fingerprint density at radius 2 is 1.88 bits per heavy atom. The molecule has 0 saturated carbocycles. The van der Waals surface area contributed by atoms with Gasteiger partial charge in [-0.15, -0.1) is 0 Å². The molecule has 1 aliphatic rings. The van der Waals surface area contributed by atoms with Gasteiger partial charge in [0.15, 0.2) is 11.6 Å². The summed E-state index contributed by atoms with van der Waals surface area (Å²) in [6.45, 7) is 8.52. The highest BCUT2D eigenvalue weighted by Crippen LogP contribution is 2.34. The van der Waals surface area contributed by atoms with Crippen molar-refractivity contribution in [2.75, 3.05) is 18.0 Å². The van der Waals surface area contributed by atoms with Gasteiger partial charge >= 0.3 is 0 Å². The van der Waals surface area contributed by atoms with Crippen LogP contribution < -0.4 is 4.90 Å². The van der Waals surface area contributed by atoms with Crippen LogP contribution in [0.1, 0.15) is 32.4 Å². The molecule has 2 heterocycles. The molecule has 3 nitrogen and oxygen atoms in total. The fourth-order valence-corrected chi connectivity index (χ4v) is 2.09. The van der Waals surface area contributed by atoms with E-state index in [0.717, 1.165) is 37.4 Å². The van der Waals surface area contributed by atoms with Crippen molar-refractivity contribution in [1.82, 2.24) is 4.98 Å². The summed E-state index contributed by atoms with van der Waals surface area (Å²) in [5.41, 5.74) is 1.38. The normalized spacial score (nSPS) is 19.8. The lowest BCUT2D eigenvalue weighted by Crippen LogP contribution is -2.37. The first-order valence-electron chi connectivity index (χ1n) is 5.89. The molecule has 1 aliphatic heterocycles. The van der Waals surface area contributed by atoms with Gasteiger partial charge in [-0.3, -0.25) is 0 Å². The van der Waals surface area contributed by atoms with Crippen molar-refractivity contribution in [2.24, 2.45) is 5.41 Å². The van der Waals surface area contributed by atoms with Crippen LogP contribution in [0.2, 0.25) is 0 Å². The molecular formula is C13H20N2O. The zero-order chi connectivity index (χ0) is 11.8. The highest BCUT2D eigenvalue weighted by Gasteiger charge is 2.27. The Balaban J connectivity index is 2.17. The fourth-order valence-electron chi connectivity index (χ4n) is 2.09. The minimum Gasteiger partial charge on any atom is -0.504 e. The second-order valence-corrected chi connectivity index (χ2v) is 5.45. The number of hydrogen-bond donors (Lipinski definition) is 1. The van der Waals surface area contributed by atoms with E-state index in [9.17, 15) is 5.11 Å². The molecule has 0 aliphatic carbocycles. The lowest BCUT2D eigenvalue weighted by molar-refractivity contribution is 0.278. The topological polar surface area (TPSA) is 36.4 Å². The molecule has 0 bridgehead atoms. The Morgan fingerprint density at radius 3 is 2.50 bits per heavy atom. The smallest absolute Gasteiger partial charge is 0.171 e. The highest BCUT2D eigenvalue weighted by atomic mass is 16.3. The van der Waals surface area contributed by atoms with Gasteiger partial charge in [0.05, 0.1) is 0 Å². The summed E-state index contributed by atoms with van der Waals surface area (Å²) in [7, 11) is 0. The van der Waals surface area contributed by atoms with E-state index in [1.54, 1.807) is 6.07 Å². The molecule has 1 aromatic heterocycles. The van der Waals surface area contributed by atoms with E-state index in [1.807, 2.05) is 13.0 Å². The monoisotopic (exact) mass is 220 g/mol. The molecule has 1 N–H and O–H groups in total. The average molecular weight is 220 g/mol. The Labute approximate surface area is 97.1 Å². The van der Waals surface area contributed by atoms with Gasteiger partial charge in [0.2, 0.25) is 0 Å². The van der Waals surface area contributed by atoms with Crippen molar-refractivity contribution in [3.63, 3.8) is 0 Å². The Kier molecular flexibility index (Phi) is 2.78. The molecule has 0 aromatic carbocycles. The van der Waals surface area contributed by atoms with Crippen LogP contribution in [0.25, 0.3) is 0 Å². The van der Waals surface area contributed by atoms with Crippen molar-refractivity contribution in [1.29, 1.82) is 0 Å². The first-order valence-corrected chi connectivity index (χ1v) is 5.89. The van der Waals surface area contributed by atoms with Crippen molar-refractivity contribution < 1.29 is 5.11 Å². The largest absolute Gasteiger partial charge is 0.504 e. The second-order valence-electron chi connectivity index (χ2n) is 5.45. The maximum Gasteiger partial charge on any atom is 0.171 e. The predicted molar refractivity (Wildman–Crippen MR) is 65.9 cm³/mol. The van der Waals surface area contributed by atoms with Gasteiger partial charge in [0, 0.05) is 18.8 Å². The van der Waals surface area contributed by atoms with Gasteiger partial charge in [-0.1, -0.05) is 13.8 Å². The molecule has 16 heavy (non-hydrogen) atoms. The van der Waals surface area contributed by atoms with E-state index in [1.165, 1.54) is 0 Å². The van der Waals surface area contributed by atoms with Gasteiger partial charge in [-0.25, -0.2) is 4.98 Å². The minimum absolute atomic E-state index is 0.297. The third kappa shape index (κ3) is 2.29. The molecule has 0 amide bonds. The SMILES string of the molecule is Cc1ccc(O)c(N2CCC(C)(C)CC2)n1. The van der Waals surface area contributed by atoms with Crippen LogP contribution in [0.15, 0.2) is 12.1 Å². The first-order chi connectivity index (χ1) is 7.48. The number of pyridine rings is 1. The number of aromatic nitrogens is 1. The Morgan fingerprint density at radius 1 is 1.25 bits per heavy atom. The van der Waals surface area contributed by atoms with Crippen molar-refractivity contribution in [2.45, 2.75) is 33.6 Å². The van der Waals surface area contributed by atoms with Crippen molar-refractivity contribution in [3.8, 4) is 5.75 Å². The molecule has 0 radical (unpaired) electrons. The van der Waals surface area contributed by atoms with Gasteiger partial charge in [0.25, 0.3) is 0 Å². The van der Waals surface area contributed by atoms with Gasteiger partial charge in [-0.2, -0.15) is 0 Å². The minimum atomic E-state index is 0.297. The summed E-state index contributed by atoms with van der Waals surface area (Å²) in [6, 6.07) is 3.57. The highest BCUT2D eigenvalue weighted by molar-refractivity contribution is 5.52. The number of anilines is 1. The number of rotatable bonds is 1. The number of hydrogen-bond acceptors (Lipinski definition) is 3. The van der Waals surface area contributed by atoms with Gasteiger partial charge < -0.3 is 10.0 Å². The average Bonchev–Trinajstić information content (AvgIpc) is 2.22. The molecule has 1 aromatic rings. The molecule has 3 heteroatoms. The van der Waals surface area contributed by atoms with Crippen molar-refractivity contribution in [3.05, 3.63) is 17.8 Å².